The summed E-state index contributed by atoms with van der Waals surface area (Å²) in [5.74, 6) is -4.76. The van der Waals surface area contributed by atoms with Crippen LogP contribution in [0.15, 0.2) is 18.2 Å². The minimum absolute atomic E-state index is 0.440. The number of carbonyl (C=O) groups excluding carboxylic acids is 1. The van der Waals surface area contributed by atoms with Gasteiger partial charge in [-0.05, 0) is 40.8 Å². The zero-order valence-electron chi connectivity index (χ0n) is 11.5. The molecule has 0 heterocycles. The lowest BCUT2D eigenvalue weighted by atomic mass is 9.99. The Morgan fingerprint density at radius 2 is 1.64 bits per heavy atom. The van der Waals surface area contributed by atoms with Crippen molar-refractivity contribution in [2.45, 2.75) is 17.9 Å². The summed E-state index contributed by atoms with van der Waals surface area (Å²) in [4.78, 5) is 11.9. The summed E-state index contributed by atoms with van der Waals surface area (Å²) in [6, 6.07) is 3.15. The van der Waals surface area contributed by atoms with Gasteiger partial charge in [0.2, 0.25) is 5.54 Å². The minimum atomic E-state index is -6.29. The Bertz CT molecular complexity index is 766. The molecule has 0 radical (unpaired) electrons. The van der Waals surface area contributed by atoms with E-state index >= 15 is 0 Å². The first-order valence-corrected chi connectivity index (χ1v) is 8.93. The van der Waals surface area contributed by atoms with Crippen LogP contribution >= 0.6 is 34.2 Å². The van der Waals surface area contributed by atoms with Crippen molar-refractivity contribution in [3.63, 3.8) is 0 Å². The van der Waals surface area contributed by atoms with E-state index in [0.717, 1.165) is 12.1 Å². The molecule has 0 spiro atoms. The van der Waals surface area contributed by atoms with Gasteiger partial charge in [-0.25, -0.2) is 0 Å². The van der Waals surface area contributed by atoms with Gasteiger partial charge >= 0.3 is 12.4 Å². The standard InChI is InChI=1S/C11H7ClF6INO4S/c12-7-3-5(19)1-2-6(7)8(21)20-9(10(13,14)15,11(16,17)18)4-25(22,23)24/h1-3H,4H2,(H,20,21)(H,22,23,24). The van der Waals surface area contributed by atoms with E-state index in [2.05, 4.69) is 0 Å². The molecule has 142 valence electrons. The van der Waals surface area contributed by atoms with Crippen LogP contribution in [0.2, 0.25) is 5.02 Å². The highest BCUT2D eigenvalue weighted by Gasteiger charge is 2.73. The highest BCUT2D eigenvalue weighted by molar-refractivity contribution is 14.1. The average Bonchev–Trinajstić information content (AvgIpc) is 2.33. The first kappa shape index (κ1) is 22.2. The Hall–Kier alpha value is -0.800. The molecule has 1 amide bonds. The van der Waals surface area contributed by atoms with E-state index in [1.165, 1.54) is 6.07 Å². The predicted molar refractivity (Wildman–Crippen MR) is 82.9 cm³/mol. The second-order valence-electron chi connectivity index (χ2n) is 4.71. The van der Waals surface area contributed by atoms with Crippen LogP contribution < -0.4 is 5.32 Å². The number of benzene rings is 1. The number of hydrogen-bond acceptors (Lipinski definition) is 3. The molecule has 0 saturated heterocycles. The molecule has 5 nitrogen and oxygen atoms in total. The van der Waals surface area contributed by atoms with Crippen molar-refractivity contribution in [3.8, 4) is 0 Å². The lowest BCUT2D eigenvalue weighted by Gasteiger charge is -2.36. The maximum absolute atomic E-state index is 13.1. The average molecular weight is 526 g/mol. The molecule has 0 atom stereocenters. The second kappa shape index (κ2) is 7.08. The van der Waals surface area contributed by atoms with E-state index in [0.29, 0.717) is 8.89 Å². The number of carbonyl (C=O) groups is 1. The molecule has 0 saturated carbocycles. The molecule has 0 aromatic heterocycles. The normalized spacial score (nSPS) is 13.6. The largest absolute Gasteiger partial charge is 0.421 e. The third-order valence-corrected chi connectivity index (χ3v) is 4.65. The lowest BCUT2D eigenvalue weighted by Crippen LogP contribution is -2.70. The predicted octanol–water partition coefficient (Wildman–Crippen LogP) is 3.43. The van der Waals surface area contributed by atoms with Gasteiger partial charge in [0.25, 0.3) is 16.0 Å². The van der Waals surface area contributed by atoms with Gasteiger partial charge in [-0.3, -0.25) is 9.35 Å². The first-order valence-electron chi connectivity index (χ1n) is 5.86. The van der Waals surface area contributed by atoms with Crippen LogP contribution in [-0.2, 0) is 10.1 Å². The van der Waals surface area contributed by atoms with E-state index in [-0.39, 0.29) is 0 Å². The first-order chi connectivity index (χ1) is 11.0. The van der Waals surface area contributed by atoms with Crippen LogP contribution in [0.4, 0.5) is 26.3 Å². The maximum Gasteiger partial charge on any atom is 0.421 e. The van der Waals surface area contributed by atoms with Gasteiger partial charge in [0.1, 0.15) is 5.75 Å². The summed E-state index contributed by atoms with van der Waals surface area (Å²) in [6.07, 6.45) is -12.6. The highest BCUT2D eigenvalue weighted by atomic mass is 127. The zero-order valence-corrected chi connectivity index (χ0v) is 15.3. The molecule has 0 aliphatic rings. The smallest absolute Gasteiger partial charge is 0.329 e. The number of hydrogen-bond donors (Lipinski definition) is 2. The van der Waals surface area contributed by atoms with Gasteiger partial charge < -0.3 is 5.32 Å². The monoisotopic (exact) mass is 525 g/mol. The molecule has 2 N–H and O–H groups in total. The van der Waals surface area contributed by atoms with Crippen molar-refractivity contribution in [1.29, 1.82) is 0 Å². The number of alkyl halides is 6. The van der Waals surface area contributed by atoms with Gasteiger partial charge in [0.05, 0.1) is 10.6 Å². The fourth-order valence-electron chi connectivity index (χ4n) is 1.71. The molecular formula is C11H7ClF6INO4S. The van der Waals surface area contributed by atoms with Crippen molar-refractivity contribution in [2.75, 3.05) is 5.75 Å². The van der Waals surface area contributed by atoms with Crippen LogP contribution in [-0.4, -0.2) is 42.5 Å². The molecule has 0 aliphatic heterocycles. The summed E-state index contributed by atoms with van der Waals surface area (Å²) >= 11 is 7.35. The Morgan fingerprint density at radius 1 is 1.16 bits per heavy atom. The molecule has 14 heteroatoms. The van der Waals surface area contributed by atoms with E-state index in [4.69, 9.17) is 16.2 Å². The van der Waals surface area contributed by atoms with Crippen molar-refractivity contribution in [1.82, 2.24) is 5.32 Å². The van der Waals surface area contributed by atoms with E-state index in [9.17, 15) is 39.6 Å². The molecule has 25 heavy (non-hydrogen) atoms. The molecule has 1 aromatic carbocycles. The SMILES string of the molecule is O=C(NC(CS(=O)(=O)O)(C(F)(F)F)C(F)(F)F)c1ccc(I)cc1Cl. The van der Waals surface area contributed by atoms with Gasteiger partial charge in [-0.2, -0.15) is 34.8 Å². The second-order valence-corrected chi connectivity index (χ2v) is 7.81. The zero-order chi connectivity index (χ0) is 19.8. The van der Waals surface area contributed by atoms with Crippen LogP contribution in [0.3, 0.4) is 0 Å². The summed E-state index contributed by atoms with van der Waals surface area (Å²) in [5.41, 5.74) is -5.97. The van der Waals surface area contributed by atoms with Crippen LogP contribution in [0.1, 0.15) is 10.4 Å². The fourth-order valence-corrected chi connectivity index (χ4v) is 3.60. The van der Waals surface area contributed by atoms with Gasteiger partial charge in [-0.1, -0.05) is 11.6 Å². The van der Waals surface area contributed by atoms with Gasteiger partial charge in [0, 0.05) is 3.57 Å². The third-order valence-electron chi connectivity index (χ3n) is 2.87. The van der Waals surface area contributed by atoms with Crippen LogP contribution in [0, 0.1) is 3.57 Å². The van der Waals surface area contributed by atoms with Crippen LogP contribution in [0.25, 0.3) is 0 Å². The number of halogens is 8. The van der Waals surface area contributed by atoms with Crippen molar-refractivity contribution < 1.29 is 44.1 Å². The minimum Gasteiger partial charge on any atom is -0.329 e. The Morgan fingerprint density at radius 3 is 2.00 bits per heavy atom. The lowest BCUT2D eigenvalue weighted by molar-refractivity contribution is -0.296. The molecule has 0 aliphatic carbocycles. The third kappa shape index (κ3) is 5.10. The molecule has 1 aromatic rings. The maximum atomic E-state index is 13.1. The van der Waals surface area contributed by atoms with E-state index in [1.54, 1.807) is 22.6 Å². The summed E-state index contributed by atoms with van der Waals surface area (Å²) < 4.78 is 109. The molecule has 0 bridgehead atoms. The quantitative estimate of drug-likeness (QED) is 0.359. The summed E-state index contributed by atoms with van der Waals surface area (Å²) in [6.45, 7) is 0. The topological polar surface area (TPSA) is 83.5 Å². The fraction of sp³-hybridized carbons (Fsp3) is 0.364. The Balaban J connectivity index is 3.50. The van der Waals surface area contributed by atoms with E-state index in [1.807, 2.05) is 0 Å². The summed E-state index contributed by atoms with van der Waals surface area (Å²) in [7, 11) is -5.78. The number of rotatable bonds is 4. The van der Waals surface area contributed by atoms with Gasteiger partial charge in [-0.15, -0.1) is 0 Å². The highest BCUT2D eigenvalue weighted by Crippen LogP contribution is 2.44. The molecule has 1 rings (SSSR count). The molecule has 0 unspecified atom stereocenters. The van der Waals surface area contributed by atoms with Crippen LogP contribution in [0.5, 0.6) is 0 Å². The molecule has 0 fully saturated rings. The number of amides is 1. The molecular weight excluding hydrogens is 519 g/mol. The summed E-state index contributed by atoms with van der Waals surface area (Å²) in [5, 5.41) is 0.179. The van der Waals surface area contributed by atoms with Crippen molar-refractivity contribution in [3.05, 3.63) is 32.4 Å². The Kier molecular flexibility index (Phi) is 6.29. The van der Waals surface area contributed by atoms with E-state index < -0.39 is 50.3 Å². The van der Waals surface area contributed by atoms with Crippen molar-refractivity contribution >= 4 is 50.2 Å². The van der Waals surface area contributed by atoms with Crippen molar-refractivity contribution in [2.24, 2.45) is 0 Å². The number of nitrogens with one attached hydrogen (secondary N) is 1. The van der Waals surface area contributed by atoms with Gasteiger partial charge in [0.15, 0.2) is 0 Å². The Labute approximate surface area is 155 Å².